The molecular weight excluding hydrogens is 456 g/mol. The van der Waals surface area contributed by atoms with Gasteiger partial charge in [-0.3, -0.25) is 4.79 Å². The predicted molar refractivity (Wildman–Crippen MR) is 129 cm³/mol. The lowest BCUT2D eigenvalue weighted by atomic mass is 9.98. The molecule has 4 rings (SSSR count). The molecule has 34 heavy (non-hydrogen) atoms. The normalized spacial score (nSPS) is 19.7. The molecule has 180 valence electrons. The molecule has 0 aromatic heterocycles. The minimum atomic E-state index is -1.12. The lowest BCUT2D eigenvalue weighted by molar-refractivity contribution is -0.148. The molecule has 2 aromatic carbocycles. The van der Waals surface area contributed by atoms with E-state index in [-0.39, 0.29) is 19.1 Å². The Balaban J connectivity index is 1.39. The summed E-state index contributed by atoms with van der Waals surface area (Å²) in [5.41, 5.74) is 4.48. The van der Waals surface area contributed by atoms with Crippen molar-refractivity contribution in [2.45, 2.75) is 36.9 Å². The van der Waals surface area contributed by atoms with Crippen molar-refractivity contribution in [3.05, 3.63) is 59.7 Å². The molecule has 2 unspecified atom stereocenters. The van der Waals surface area contributed by atoms with Gasteiger partial charge in [-0.15, -0.1) is 0 Å². The molecule has 0 spiro atoms. The number of ether oxygens (including phenoxy) is 2. The van der Waals surface area contributed by atoms with E-state index in [1.165, 1.54) is 0 Å². The van der Waals surface area contributed by atoms with Gasteiger partial charge in [-0.2, -0.15) is 11.8 Å². The Kier molecular flexibility index (Phi) is 7.74. The molecule has 3 N–H and O–H groups in total. The molecule has 1 aliphatic carbocycles. The highest BCUT2D eigenvalue weighted by Crippen LogP contribution is 2.44. The van der Waals surface area contributed by atoms with E-state index in [0.29, 0.717) is 18.6 Å². The number of aliphatic carboxylic acids is 1. The molecule has 0 saturated carbocycles. The van der Waals surface area contributed by atoms with Crippen LogP contribution in [0.4, 0.5) is 4.79 Å². The van der Waals surface area contributed by atoms with E-state index in [4.69, 9.17) is 9.47 Å². The average molecular weight is 485 g/mol. The molecule has 1 heterocycles. The number of rotatable bonds is 9. The molecule has 3 atom stereocenters. The first-order valence-corrected chi connectivity index (χ1v) is 12.6. The molecule has 8 nitrogen and oxygen atoms in total. The molecule has 9 heteroatoms. The van der Waals surface area contributed by atoms with Crippen LogP contribution >= 0.6 is 11.8 Å². The molecule has 1 saturated heterocycles. The fraction of sp³-hybridized carbons (Fsp3) is 0.400. The molecule has 0 radical (unpaired) electrons. The zero-order valence-corrected chi connectivity index (χ0v) is 19.7. The minimum Gasteiger partial charge on any atom is -0.479 e. The van der Waals surface area contributed by atoms with Gasteiger partial charge in [0, 0.05) is 12.5 Å². The number of carboxylic acids is 1. The van der Waals surface area contributed by atoms with Crippen molar-refractivity contribution in [3.8, 4) is 11.1 Å². The third kappa shape index (κ3) is 5.20. The van der Waals surface area contributed by atoms with Gasteiger partial charge in [0.05, 0.1) is 6.04 Å². The topological polar surface area (TPSA) is 114 Å². The van der Waals surface area contributed by atoms with Gasteiger partial charge in [-0.25, -0.2) is 9.59 Å². The van der Waals surface area contributed by atoms with Crippen molar-refractivity contribution in [3.63, 3.8) is 0 Å². The fourth-order valence-corrected chi connectivity index (χ4v) is 5.02. The van der Waals surface area contributed by atoms with E-state index in [1.807, 2.05) is 42.7 Å². The summed E-state index contributed by atoms with van der Waals surface area (Å²) in [4.78, 5) is 36.9. The molecule has 2 aromatic rings. The second-order valence-corrected chi connectivity index (χ2v) is 9.32. The first kappa shape index (κ1) is 24.1. The predicted octanol–water partition coefficient (Wildman–Crippen LogP) is 3.01. The Morgan fingerprint density at radius 2 is 1.76 bits per heavy atom. The average Bonchev–Trinajstić information content (AvgIpc) is 3.43. The molecule has 0 bridgehead atoms. The second kappa shape index (κ2) is 10.9. The summed E-state index contributed by atoms with van der Waals surface area (Å²) in [7, 11) is 0. The lowest BCUT2D eigenvalue weighted by Crippen LogP contribution is -2.53. The Morgan fingerprint density at radius 3 is 2.38 bits per heavy atom. The van der Waals surface area contributed by atoms with E-state index in [0.717, 1.165) is 22.3 Å². The number of hydrogen-bond donors (Lipinski definition) is 3. The number of fused-ring (bicyclic) bond motifs is 3. The second-order valence-electron chi connectivity index (χ2n) is 8.34. The van der Waals surface area contributed by atoms with Crippen LogP contribution in [0.15, 0.2) is 48.5 Å². The van der Waals surface area contributed by atoms with Crippen molar-refractivity contribution in [1.82, 2.24) is 10.6 Å². The number of amides is 2. The Morgan fingerprint density at radius 1 is 1.12 bits per heavy atom. The quantitative estimate of drug-likeness (QED) is 0.501. The van der Waals surface area contributed by atoms with Crippen molar-refractivity contribution in [2.24, 2.45) is 0 Å². The summed E-state index contributed by atoms with van der Waals surface area (Å²) >= 11 is 1.55. The van der Waals surface area contributed by atoms with E-state index in [1.54, 1.807) is 11.8 Å². The standard InChI is InChI=1S/C25H28N2O6S/c1-34-13-11-21(23(28)26-20-10-12-32-22(20)24(29)30)27-25(31)33-14-19-17-8-4-2-6-15(17)16-7-3-5-9-18(16)19/h2-9,19-22H,10-14H2,1H3,(H,26,28)(H,27,31)(H,29,30)/t20?,21-,22?/m1/s1. The van der Waals surface area contributed by atoms with Crippen LogP contribution in [0.3, 0.4) is 0 Å². The zero-order chi connectivity index (χ0) is 24.1. The van der Waals surface area contributed by atoms with Gasteiger partial charge in [-0.05, 0) is 47.1 Å². The first-order chi connectivity index (χ1) is 16.5. The highest BCUT2D eigenvalue weighted by atomic mass is 32.2. The molecular formula is C25H28N2O6S. The number of hydrogen-bond acceptors (Lipinski definition) is 6. The van der Waals surface area contributed by atoms with Crippen molar-refractivity contribution in [1.29, 1.82) is 0 Å². The van der Waals surface area contributed by atoms with Crippen molar-refractivity contribution < 1.29 is 29.0 Å². The lowest BCUT2D eigenvalue weighted by Gasteiger charge is -2.22. The van der Waals surface area contributed by atoms with Crippen LogP contribution in [0.2, 0.25) is 0 Å². The van der Waals surface area contributed by atoms with Gasteiger partial charge < -0.3 is 25.2 Å². The van der Waals surface area contributed by atoms with Gasteiger partial charge in [0.1, 0.15) is 12.6 Å². The summed E-state index contributed by atoms with van der Waals surface area (Å²) in [6.07, 6.45) is 0.944. The summed E-state index contributed by atoms with van der Waals surface area (Å²) < 4.78 is 10.8. The van der Waals surface area contributed by atoms with E-state index in [9.17, 15) is 19.5 Å². The van der Waals surface area contributed by atoms with Crippen LogP contribution in [0, 0.1) is 0 Å². The maximum absolute atomic E-state index is 12.9. The first-order valence-electron chi connectivity index (χ1n) is 11.2. The highest BCUT2D eigenvalue weighted by molar-refractivity contribution is 7.98. The van der Waals surface area contributed by atoms with E-state index in [2.05, 4.69) is 22.8 Å². The number of benzene rings is 2. The third-order valence-electron chi connectivity index (χ3n) is 6.23. The van der Waals surface area contributed by atoms with Gasteiger partial charge >= 0.3 is 12.1 Å². The number of nitrogens with one attached hydrogen (secondary N) is 2. The largest absolute Gasteiger partial charge is 0.479 e. The van der Waals surface area contributed by atoms with Crippen LogP contribution < -0.4 is 10.6 Å². The molecule has 1 fully saturated rings. The Labute approximate surface area is 202 Å². The number of carbonyl (C=O) groups is 3. The maximum Gasteiger partial charge on any atom is 0.407 e. The number of carboxylic acid groups (broad SMARTS) is 1. The van der Waals surface area contributed by atoms with Crippen LogP contribution in [0.5, 0.6) is 0 Å². The van der Waals surface area contributed by atoms with Crippen molar-refractivity contribution in [2.75, 3.05) is 25.2 Å². The van der Waals surface area contributed by atoms with Crippen molar-refractivity contribution >= 4 is 29.7 Å². The number of alkyl carbamates (subject to hydrolysis) is 1. The monoisotopic (exact) mass is 484 g/mol. The zero-order valence-electron chi connectivity index (χ0n) is 18.9. The third-order valence-corrected chi connectivity index (χ3v) is 6.87. The Bertz CT molecular complexity index is 1020. The molecule has 2 amide bonds. The molecule has 2 aliphatic rings. The highest BCUT2D eigenvalue weighted by Gasteiger charge is 2.37. The minimum absolute atomic E-state index is 0.0800. The summed E-state index contributed by atoms with van der Waals surface area (Å²) in [6, 6.07) is 14.7. The number of thioether (sulfide) groups is 1. The van der Waals surface area contributed by atoms with E-state index < -0.39 is 36.2 Å². The summed E-state index contributed by atoms with van der Waals surface area (Å²) in [5, 5.41) is 14.7. The van der Waals surface area contributed by atoms with Crippen LogP contribution in [0.1, 0.15) is 29.9 Å². The maximum atomic E-state index is 12.9. The summed E-state index contributed by atoms with van der Waals surface area (Å²) in [5.74, 6) is -0.994. The fourth-order valence-electron chi connectivity index (χ4n) is 4.55. The van der Waals surface area contributed by atoms with E-state index >= 15 is 0 Å². The van der Waals surface area contributed by atoms with Gasteiger partial charge in [-0.1, -0.05) is 48.5 Å². The van der Waals surface area contributed by atoms with Gasteiger partial charge in [0.2, 0.25) is 5.91 Å². The SMILES string of the molecule is CSCC[C@@H](NC(=O)OCC1c2ccccc2-c2ccccc21)C(=O)NC1CCOC1C(=O)O. The van der Waals surface area contributed by atoms with Gasteiger partial charge in [0.25, 0.3) is 0 Å². The van der Waals surface area contributed by atoms with Crippen LogP contribution in [-0.2, 0) is 19.1 Å². The molecule has 1 aliphatic heterocycles. The Hall–Kier alpha value is -3.04. The van der Waals surface area contributed by atoms with Crippen LogP contribution in [0.25, 0.3) is 11.1 Å². The summed E-state index contributed by atoms with van der Waals surface area (Å²) in [6.45, 7) is 0.408. The van der Waals surface area contributed by atoms with Gasteiger partial charge in [0.15, 0.2) is 6.10 Å². The van der Waals surface area contributed by atoms with Crippen LogP contribution in [-0.4, -0.2) is 66.5 Å². The smallest absolute Gasteiger partial charge is 0.407 e. The number of carbonyl (C=O) groups excluding carboxylic acids is 2.